The maximum absolute atomic E-state index is 12.6. The molecule has 2 N–H and O–H groups in total. The van der Waals surface area contributed by atoms with Gasteiger partial charge in [-0.05, 0) is 68.0 Å². The molecule has 1 aromatic heterocycles. The fourth-order valence-corrected chi connectivity index (χ4v) is 4.65. The number of halogens is 1. The molecule has 7 nitrogen and oxygen atoms in total. The summed E-state index contributed by atoms with van der Waals surface area (Å²) >= 11 is 5.93. The largest absolute Gasteiger partial charge is 0.495 e. The number of nitrogens with zero attached hydrogens (tertiary/aromatic N) is 2. The van der Waals surface area contributed by atoms with Crippen LogP contribution in [0.4, 0.5) is 10.5 Å². The van der Waals surface area contributed by atoms with E-state index in [1.54, 1.807) is 37.6 Å². The van der Waals surface area contributed by atoms with Crippen LogP contribution in [0.25, 0.3) is 0 Å². The maximum atomic E-state index is 12.6. The summed E-state index contributed by atoms with van der Waals surface area (Å²) in [7, 11) is 1.65. The number of anilines is 1. The third kappa shape index (κ3) is 6.12. The zero-order valence-corrected chi connectivity index (χ0v) is 19.2. The molecule has 2 fully saturated rings. The molecule has 0 radical (unpaired) electrons. The molecule has 2 aliphatic rings. The molecule has 4 rings (SSSR count). The Balaban J connectivity index is 1.41. The number of ether oxygens (including phenoxy) is 2. The number of rotatable bonds is 6. The van der Waals surface area contributed by atoms with Crippen LogP contribution in [0.5, 0.6) is 5.75 Å². The molecule has 2 atom stereocenters. The molecule has 8 heteroatoms. The van der Waals surface area contributed by atoms with Crippen molar-refractivity contribution in [3.63, 3.8) is 0 Å². The van der Waals surface area contributed by atoms with Crippen molar-refractivity contribution in [1.82, 2.24) is 15.2 Å². The van der Waals surface area contributed by atoms with Crippen molar-refractivity contribution >= 4 is 23.3 Å². The molecule has 0 spiro atoms. The highest BCUT2D eigenvalue weighted by Gasteiger charge is 2.33. The van der Waals surface area contributed by atoms with Gasteiger partial charge in [-0.3, -0.25) is 9.88 Å². The summed E-state index contributed by atoms with van der Waals surface area (Å²) in [5, 5.41) is 6.68. The standard InChI is InChI=1S/C24H31ClN4O3/c1-31-21-6-7-22(26-15-21)23-14-20(8-11-29(23)16-17-9-12-32-13-10-17)28-24(30)27-19-4-2-18(25)3-5-19/h2-7,15,17,20,23H,8-14,16H2,1H3,(H2,27,28,30)/t20-,23-/m1/s1. The van der Waals surface area contributed by atoms with Gasteiger partial charge in [0.25, 0.3) is 0 Å². The predicted molar refractivity (Wildman–Crippen MR) is 125 cm³/mol. The van der Waals surface area contributed by atoms with Crippen LogP contribution in [0.2, 0.25) is 5.02 Å². The lowest BCUT2D eigenvalue weighted by molar-refractivity contribution is 0.0343. The molecule has 0 bridgehead atoms. The fraction of sp³-hybridized carbons (Fsp3) is 0.500. The number of likely N-dealkylation sites (tertiary alicyclic amines) is 1. The van der Waals surface area contributed by atoms with Crippen LogP contribution in [-0.2, 0) is 4.74 Å². The highest BCUT2D eigenvalue weighted by Crippen LogP contribution is 2.32. The van der Waals surface area contributed by atoms with Crippen LogP contribution in [0.15, 0.2) is 42.6 Å². The van der Waals surface area contributed by atoms with E-state index in [4.69, 9.17) is 21.1 Å². The summed E-state index contributed by atoms with van der Waals surface area (Å²) in [6.45, 7) is 3.64. The van der Waals surface area contributed by atoms with Crippen LogP contribution in [0.3, 0.4) is 0 Å². The van der Waals surface area contributed by atoms with Crippen molar-refractivity contribution in [3.8, 4) is 5.75 Å². The maximum Gasteiger partial charge on any atom is 0.319 e. The van der Waals surface area contributed by atoms with Crippen molar-refractivity contribution < 1.29 is 14.3 Å². The molecule has 172 valence electrons. The monoisotopic (exact) mass is 458 g/mol. The molecule has 1 aromatic carbocycles. The summed E-state index contributed by atoms with van der Waals surface area (Å²) < 4.78 is 10.8. The molecule has 2 aromatic rings. The third-order valence-corrected chi connectivity index (χ3v) is 6.57. The number of piperidine rings is 1. The van der Waals surface area contributed by atoms with Gasteiger partial charge in [0.2, 0.25) is 0 Å². The fourth-order valence-electron chi connectivity index (χ4n) is 4.53. The highest BCUT2D eigenvalue weighted by molar-refractivity contribution is 6.30. The molecule has 32 heavy (non-hydrogen) atoms. The first-order chi connectivity index (χ1) is 15.6. The van der Waals surface area contributed by atoms with Gasteiger partial charge in [-0.2, -0.15) is 0 Å². The van der Waals surface area contributed by atoms with Crippen molar-refractivity contribution in [2.24, 2.45) is 5.92 Å². The first kappa shape index (κ1) is 22.8. The minimum absolute atomic E-state index is 0.0714. The lowest BCUT2D eigenvalue weighted by atomic mass is 9.91. The van der Waals surface area contributed by atoms with E-state index in [0.29, 0.717) is 10.9 Å². The number of aromatic nitrogens is 1. The van der Waals surface area contributed by atoms with E-state index in [1.165, 1.54) is 0 Å². The predicted octanol–water partition coefficient (Wildman–Crippen LogP) is 4.50. The summed E-state index contributed by atoms with van der Waals surface area (Å²) in [5.41, 5.74) is 1.74. The number of carbonyl (C=O) groups is 1. The summed E-state index contributed by atoms with van der Waals surface area (Å²) in [6, 6.07) is 11.1. The lowest BCUT2D eigenvalue weighted by Gasteiger charge is -2.41. The van der Waals surface area contributed by atoms with Crippen LogP contribution in [0, 0.1) is 5.92 Å². The Hall–Kier alpha value is -2.35. The number of pyridine rings is 1. The zero-order valence-electron chi connectivity index (χ0n) is 18.4. The van der Waals surface area contributed by atoms with E-state index >= 15 is 0 Å². The Bertz CT molecular complexity index is 872. The van der Waals surface area contributed by atoms with Crippen LogP contribution in [0.1, 0.15) is 37.4 Å². The molecule has 0 aliphatic carbocycles. The van der Waals surface area contributed by atoms with E-state index < -0.39 is 0 Å². The van der Waals surface area contributed by atoms with E-state index in [-0.39, 0.29) is 18.1 Å². The van der Waals surface area contributed by atoms with Gasteiger partial charge in [-0.1, -0.05) is 11.6 Å². The van der Waals surface area contributed by atoms with Crippen LogP contribution >= 0.6 is 11.6 Å². The average molecular weight is 459 g/mol. The van der Waals surface area contributed by atoms with Gasteiger partial charge >= 0.3 is 6.03 Å². The highest BCUT2D eigenvalue weighted by atomic mass is 35.5. The number of urea groups is 1. The third-order valence-electron chi connectivity index (χ3n) is 6.32. The first-order valence-corrected chi connectivity index (χ1v) is 11.6. The van der Waals surface area contributed by atoms with Gasteiger partial charge < -0.3 is 20.1 Å². The van der Waals surface area contributed by atoms with Gasteiger partial charge in [-0.15, -0.1) is 0 Å². The molecule has 0 unspecified atom stereocenters. The quantitative estimate of drug-likeness (QED) is 0.666. The lowest BCUT2D eigenvalue weighted by Crippen LogP contribution is -2.48. The van der Waals surface area contributed by atoms with E-state index in [9.17, 15) is 4.79 Å². The van der Waals surface area contributed by atoms with Crippen LogP contribution in [-0.4, -0.2) is 55.4 Å². The Kier molecular flexibility index (Phi) is 7.84. The van der Waals surface area contributed by atoms with E-state index in [2.05, 4.69) is 20.5 Å². The van der Waals surface area contributed by atoms with Crippen molar-refractivity contribution in [2.45, 2.75) is 37.8 Å². The average Bonchev–Trinajstić information content (AvgIpc) is 2.82. The van der Waals surface area contributed by atoms with Crippen LogP contribution < -0.4 is 15.4 Å². The zero-order chi connectivity index (χ0) is 22.3. The smallest absolute Gasteiger partial charge is 0.319 e. The minimum atomic E-state index is -0.198. The Morgan fingerprint density at radius 1 is 1.19 bits per heavy atom. The van der Waals surface area contributed by atoms with Crippen molar-refractivity contribution in [2.75, 3.05) is 38.7 Å². The first-order valence-electron chi connectivity index (χ1n) is 11.3. The normalized spacial score (nSPS) is 22.3. The summed E-state index contributed by atoms with van der Waals surface area (Å²) in [5.74, 6) is 1.39. The number of amides is 2. The van der Waals surface area contributed by atoms with Gasteiger partial charge in [0.1, 0.15) is 5.75 Å². The van der Waals surface area contributed by atoms with E-state index in [0.717, 1.165) is 69.1 Å². The Morgan fingerprint density at radius 2 is 1.97 bits per heavy atom. The van der Waals surface area contributed by atoms with Crippen molar-refractivity contribution in [1.29, 1.82) is 0 Å². The minimum Gasteiger partial charge on any atom is -0.495 e. The molecule has 3 heterocycles. The van der Waals surface area contributed by atoms with Gasteiger partial charge in [0.05, 0.1) is 25.0 Å². The second kappa shape index (κ2) is 11.0. The summed E-state index contributed by atoms with van der Waals surface area (Å²) in [6.07, 6.45) is 5.70. The Labute approximate surface area is 194 Å². The molecule has 2 amide bonds. The number of carbonyl (C=O) groups excluding carboxylic acids is 1. The van der Waals surface area contributed by atoms with E-state index in [1.807, 2.05) is 12.1 Å². The molecular formula is C24H31ClN4O3. The van der Waals surface area contributed by atoms with Gasteiger partial charge in [0, 0.05) is 43.1 Å². The number of hydrogen-bond donors (Lipinski definition) is 2. The Morgan fingerprint density at radius 3 is 2.66 bits per heavy atom. The molecule has 2 aliphatic heterocycles. The molecule has 2 saturated heterocycles. The SMILES string of the molecule is COc1ccc([C@H]2C[C@H](NC(=O)Nc3ccc(Cl)cc3)CCN2CC2CCOCC2)nc1. The topological polar surface area (TPSA) is 75.7 Å². The number of nitrogens with one attached hydrogen (secondary N) is 2. The number of benzene rings is 1. The van der Waals surface area contributed by atoms with Crippen molar-refractivity contribution in [3.05, 3.63) is 53.3 Å². The summed E-state index contributed by atoms with van der Waals surface area (Å²) in [4.78, 5) is 19.8. The second-order valence-corrected chi connectivity index (χ2v) is 8.95. The van der Waals surface area contributed by atoms with Gasteiger partial charge in [-0.25, -0.2) is 4.79 Å². The number of methoxy groups -OCH3 is 1. The molecule has 0 saturated carbocycles. The molecular weight excluding hydrogens is 428 g/mol. The second-order valence-electron chi connectivity index (χ2n) is 8.52. The van der Waals surface area contributed by atoms with Gasteiger partial charge in [0.15, 0.2) is 0 Å². The number of hydrogen-bond acceptors (Lipinski definition) is 5.